The summed E-state index contributed by atoms with van der Waals surface area (Å²) in [5, 5.41) is 4.84. The van der Waals surface area contributed by atoms with Gasteiger partial charge in [0.2, 0.25) is 0 Å². The average Bonchev–Trinajstić information content (AvgIpc) is 2.64. The van der Waals surface area contributed by atoms with Gasteiger partial charge in [0.1, 0.15) is 0 Å². The van der Waals surface area contributed by atoms with Crippen molar-refractivity contribution in [2.75, 3.05) is 5.73 Å². The van der Waals surface area contributed by atoms with Crippen LogP contribution in [0.25, 0.3) is 21.5 Å². The van der Waals surface area contributed by atoms with Crippen LogP contribution in [0.4, 0.5) is 5.69 Å². The number of nitrogen functional groups attached to an aromatic ring is 1. The fourth-order valence-electron chi connectivity index (χ4n) is 3.76. The van der Waals surface area contributed by atoms with E-state index in [0.29, 0.717) is 0 Å². The van der Waals surface area contributed by atoms with Crippen molar-refractivity contribution < 1.29 is 0 Å². The summed E-state index contributed by atoms with van der Waals surface area (Å²) < 4.78 is 0. The summed E-state index contributed by atoms with van der Waals surface area (Å²) in [6.45, 7) is 2.28. The minimum Gasteiger partial charge on any atom is -0.398 e. The molecule has 25 heavy (non-hydrogen) atoms. The van der Waals surface area contributed by atoms with E-state index in [1.54, 1.807) is 0 Å². The molecule has 3 aromatic rings. The van der Waals surface area contributed by atoms with E-state index < -0.39 is 0 Å². The molecule has 0 fully saturated rings. The average molecular weight is 334 g/mol. The van der Waals surface area contributed by atoms with E-state index in [1.165, 1.54) is 78.5 Å². The Morgan fingerprint density at radius 2 is 1.36 bits per heavy atom. The van der Waals surface area contributed by atoms with Gasteiger partial charge in [-0.1, -0.05) is 88.3 Å². The molecular formula is C24H31N. The van der Waals surface area contributed by atoms with Gasteiger partial charge < -0.3 is 5.73 Å². The molecule has 0 heterocycles. The summed E-state index contributed by atoms with van der Waals surface area (Å²) in [7, 11) is 0. The Hall–Kier alpha value is -2.02. The Labute approximate surface area is 152 Å². The van der Waals surface area contributed by atoms with Crippen molar-refractivity contribution >= 4 is 27.2 Å². The van der Waals surface area contributed by atoms with E-state index in [9.17, 15) is 0 Å². The molecule has 3 rings (SSSR count). The minimum atomic E-state index is 0.922. The molecule has 1 nitrogen and oxygen atoms in total. The molecule has 0 amide bonds. The smallest absolute Gasteiger partial charge is 0.0473 e. The fraction of sp³-hybridized carbons (Fsp3) is 0.417. The van der Waals surface area contributed by atoms with Crippen LogP contribution in [0.3, 0.4) is 0 Å². The summed E-state index contributed by atoms with van der Waals surface area (Å²) in [5.74, 6) is 0. The number of anilines is 1. The van der Waals surface area contributed by atoms with Crippen LogP contribution < -0.4 is 5.73 Å². The number of fused-ring (bicyclic) bond motifs is 2. The van der Waals surface area contributed by atoms with Crippen LogP contribution in [0.5, 0.6) is 0 Å². The predicted octanol–water partition coefficient (Wildman–Crippen LogP) is 7.26. The van der Waals surface area contributed by atoms with Gasteiger partial charge in [-0.2, -0.15) is 0 Å². The molecule has 0 aliphatic heterocycles. The van der Waals surface area contributed by atoms with Gasteiger partial charge >= 0.3 is 0 Å². The van der Waals surface area contributed by atoms with E-state index in [2.05, 4.69) is 55.5 Å². The molecule has 0 radical (unpaired) electrons. The third-order valence-electron chi connectivity index (χ3n) is 5.29. The maximum atomic E-state index is 6.46. The molecule has 3 aromatic carbocycles. The Bertz CT molecular complexity index is 819. The molecule has 0 aliphatic carbocycles. The minimum absolute atomic E-state index is 0.922. The first kappa shape index (κ1) is 17.8. The third kappa shape index (κ3) is 4.54. The normalized spacial score (nSPS) is 11.4. The van der Waals surface area contributed by atoms with Crippen LogP contribution in [0.15, 0.2) is 48.5 Å². The Kier molecular flexibility index (Phi) is 6.33. The Balaban J connectivity index is 1.60. The zero-order chi connectivity index (χ0) is 17.5. The maximum absolute atomic E-state index is 6.46. The van der Waals surface area contributed by atoms with Crippen molar-refractivity contribution in [2.45, 2.75) is 64.7 Å². The van der Waals surface area contributed by atoms with Crippen molar-refractivity contribution in [2.24, 2.45) is 0 Å². The molecule has 0 aliphatic rings. The fourth-order valence-corrected chi connectivity index (χ4v) is 3.76. The van der Waals surface area contributed by atoms with Gasteiger partial charge in [-0.05, 0) is 41.3 Å². The molecule has 0 saturated heterocycles. The van der Waals surface area contributed by atoms with Crippen LogP contribution in [-0.4, -0.2) is 0 Å². The van der Waals surface area contributed by atoms with Gasteiger partial charge in [0, 0.05) is 16.5 Å². The lowest BCUT2D eigenvalue weighted by Crippen LogP contribution is -1.92. The molecule has 0 bridgehead atoms. The number of hydrogen-bond donors (Lipinski definition) is 1. The lowest BCUT2D eigenvalue weighted by Gasteiger charge is -2.09. The highest BCUT2D eigenvalue weighted by atomic mass is 14.6. The van der Waals surface area contributed by atoms with E-state index in [4.69, 9.17) is 5.73 Å². The van der Waals surface area contributed by atoms with Crippen molar-refractivity contribution in [1.29, 1.82) is 0 Å². The Morgan fingerprint density at radius 1 is 0.680 bits per heavy atom. The predicted molar refractivity (Wildman–Crippen MR) is 112 cm³/mol. The van der Waals surface area contributed by atoms with E-state index >= 15 is 0 Å². The summed E-state index contributed by atoms with van der Waals surface area (Å²) in [6.07, 6.45) is 12.1. The summed E-state index contributed by atoms with van der Waals surface area (Å²) in [5.41, 5.74) is 8.80. The van der Waals surface area contributed by atoms with E-state index in [0.717, 1.165) is 12.1 Å². The van der Waals surface area contributed by atoms with Gasteiger partial charge in [-0.15, -0.1) is 0 Å². The van der Waals surface area contributed by atoms with Crippen LogP contribution in [0.1, 0.15) is 63.9 Å². The molecule has 0 atom stereocenters. The number of nitrogens with two attached hydrogens (primary N) is 1. The van der Waals surface area contributed by atoms with Gasteiger partial charge in [0.05, 0.1) is 0 Å². The van der Waals surface area contributed by atoms with Crippen LogP contribution in [-0.2, 0) is 6.42 Å². The maximum Gasteiger partial charge on any atom is 0.0473 e. The number of hydrogen-bond acceptors (Lipinski definition) is 1. The highest BCUT2D eigenvalue weighted by Crippen LogP contribution is 2.31. The second kappa shape index (κ2) is 8.89. The van der Waals surface area contributed by atoms with Gasteiger partial charge in [0.15, 0.2) is 0 Å². The summed E-state index contributed by atoms with van der Waals surface area (Å²) >= 11 is 0. The lowest BCUT2D eigenvalue weighted by molar-refractivity contribution is 0.575. The van der Waals surface area contributed by atoms with Crippen molar-refractivity contribution in [3.8, 4) is 0 Å². The highest BCUT2D eigenvalue weighted by molar-refractivity contribution is 6.10. The SMILES string of the molecule is CCCCCCCCCCc1ccc2cc3ccccc3c(N)c2c1. The third-order valence-corrected chi connectivity index (χ3v) is 5.29. The van der Waals surface area contributed by atoms with Gasteiger partial charge in [-0.25, -0.2) is 0 Å². The second-order valence-corrected chi connectivity index (χ2v) is 7.29. The van der Waals surface area contributed by atoms with Crippen LogP contribution >= 0.6 is 0 Å². The molecule has 1 heteroatoms. The van der Waals surface area contributed by atoms with Crippen molar-refractivity contribution in [3.05, 3.63) is 54.1 Å². The zero-order valence-corrected chi connectivity index (χ0v) is 15.6. The van der Waals surface area contributed by atoms with Crippen LogP contribution in [0, 0.1) is 0 Å². The van der Waals surface area contributed by atoms with E-state index in [-0.39, 0.29) is 0 Å². The standard InChI is InChI=1S/C24H31N/c1-2-3-4-5-6-7-8-9-12-19-15-16-21-18-20-13-10-11-14-22(20)24(25)23(21)17-19/h10-11,13-18H,2-9,12,25H2,1H3. The molecule has 2 N–H and O–H groups in total. The topological polar surface area (TPSA) is 26.0 Å². The zero-order valence-electron chi connectivity index (χ0n) is 15.6. The van der Waals surface area contributed by atoms with E-state index in [1.807, 2.05) is 0 Å². The number of unbranched alkanes of at least 4 members (excludes halogenated alkanes) is 7. The monoisotopic (exact) mass is 333 g/mol. The Morgan fingerprint density at radius 3 is 2.16 bits per heavy atom. The first-order valence-electron chi connectivity index (χ1n) is 9.99. The second-order valence-electron chi connectivity index (χ2n) is 7.29. The van der Waals surface area contributed by atoms with Gasteiger partial charge in [-0.3, -0.25) is 0 Å². The molecule has 0 saturated carbocycles. The molecule has 132 valence electrons. The number of aryl methyl sites for hydroxylation is 1. The molecular weight excluding hydrogens is 302 g/mol. The molecule has 0 spiro atoms. The van der Waals surface area contributed by atoms with Crippen LogP contribution in [0.2, 0.25) is 0 Å². The summed E-state index contributed by atoms with van der Waals surface area (Å²) in [6, 6.07) is 17.5. The first-order valence-corrected chi connectivity index (χ1v) is 9.99. The lowest BCUT2D eigenvalue weighted by atomic mass is 9.97. The quantitative estimate of drug-likeness (QED) is 0.249. The first-order chi connectivity index (χ1) is 12.3. The van der Waals surface area contributed by atoms with Crippen molar-refractivity contribution in [3.63, 3.8) is 0 Å². The van der Waals surface area contributed by atoms with Gasteiger partial charge in [0.25, 0.3) is 0 Å². The summed E-state index contributed by atoms with van der Waals surface area (Å²) in [4.78, 5) is 0. The molecule has 0 aromatic heterocycles. The largest absolute Gasteiger partial charge is 0.398 e. The number of rotatable bonds is 9. The highest BCUT2D eigenvalue weighted by Gasteiger charge is 2.05. The van der Waals surface area contributed by atoms with Crippen molar-refractivity contribution in [1.82, 2.24) is 0 Å². The number of benzene rings is 3. The molecule has 0 unspecified atom stereocenters.